The quantitative estimate of drug-likeness (QED) is 0.648. The molecule has 27 heavy (non-hydrogen) atoms. The van der Waals surface area contributed by atoms with Gasteiger partial charge in [-0.15, -0.1) is 0 Å². The van der Waals surface area contributed by atoms with Crippen LogP contribution < -0.4 is 10.6 Å². The molecule has 0 aromatic heterocycles. The van der Waals surface area contributed by atoms with Crippen LogP contribution in [-0.2, 0) is 20.8 Å². The maximum atomic E-state index is 12.3. The van der Waals surface area contributed by atoms with Gasteiger partial charge in [0.25, 0.3) is 0 Å². The summed E-state index contributed by atoms with van der Waals surface area (Å²) in [6.07, 6.45) is 0.199. The minimum atomic E-state index is -0.493. The maximum absolute atomic E-state index is 12.3. The number of nitrogens with one attached hydrogen (secondary N) is 2. The molecule has 1 aromatic rings. The topological polar surface area (TPSA) is 100 Å². The Labute approximate surface area is 158 Å². The number of aliphatic hydroxyl groups excluding tert-OH is 1. The number of hydrogen-bond donors (Lipinski definition) is 3. The number of benzene rings is 1. The van der Waals surface area contributed by atoms with Gasteiger partial charge in [0.2, 0.25) is 0 Å². The predicted molar refractivity (Wildman–Crippen MR) is 99.3 cm³/mol. The third kappa shape index (κ3) is 4.51. The van der Waals surface area contributed by atoms with Crippen molar-refractivity contribution in [3.8, 4) is 0 Å². The zero-order chi connectivity index (χ0) is 19.4. The summed E-state index contributed by atoms with van der Waals surface area (Å²) < 4.78 is 10.6. The largest absolute Gasteiger partial charge is 0.465 e. The molecule has 1 aromatic carbocycles. The lowest BCUT2D eigenvalue weighted by Gasteiger charge is -2.40. The van der Waals surface area contributed by atoms with Gasteiger partial charge in [-0.3, -0.25) is 4.79 Å². The molecule has 2 amide bonds. The van der Waals surface area contributed by atoms with Gasteiger partial charge in [0, 0.05) is 30.8 Å². The number of aliphatic hydroxyl groups is 1. The number of anilines is 1. The fraction of sp³-hybridized carbons (Fsp3) is 0.579. The minimum absolute atomic E-state index is 0.0166. The molecule has 2 aliphatic rings. The van der Waals surface area contributed by atoms with Gasteiger partial charge < -0.3 is 30.1 Å². The number of nitrogens with zero attached hydrogens (tertiary/aromatic N) is 1. The summed E-state index contributed by atoms with van der Waals surface area (Å²) in [6, 6.07) is 5.68. The van der Waals surface area contributed by atoms with E-state index in [0.717, 1.165) is 23.2 Å². The molecule has 0 aliphatic carbocycles. The van der Waals surface area contributed by atoms with Crippen molar-refractivity contribution < 1.29 is 24.2 Å². The molecule has 3 atom stereocenters. The number of carbonyl (C=O) groups excluding carboxylic acids is 2. The first kappa shape index (κ1) is 19.4. The van der Waals surface area contributed by atoms with E-state index in [0.29, 0.717) is 19.7 Å². The van der Waals surface area contributed by atoms with Gasteiger partial charge in [0.05, 0.1) is 31.5 Å². The molecule has 1 fully saturated rings. The van der Waals surface area contributed by atoms with Crippen LogP contribution in [0.5, 0.6) is 0 Å². The Balaban J connectivity index is 1.64. The number of carbonyl (C=O) groups is 2. The van der Waals surface area contributed by atoms with Gasteiger partial charge in [0.15, 0.2) is 0 Å². The summed E-state index contributed by atoms with van der Waals surface area (Å²) in [5.41, 5.74) is 3.00. The summed E-state index contributed by atoms with van der Waals surface area (Å²) in [5, 5.41) is 15.9. The van der Waals surface area contributed by atoms with Crippen molar-refractivity contribution in [1.29, 1.82) is 0 Å². The number of rotatable bonds is 6. The van der Waals surface area contributed by atoms with E-state index in [2.05, 4.69) is 10.6 Å². The molecule has 1 saturated heterocycles. The lowest BCUT2D eigenvalue weighted by molar-refractivity contribution is -0.141. The van der Waals surface area contributed by atoms with Crippen LogP contribution >= 0.6 is 0 Å². The van der Waals surface area contributed by atoms with Crippen molar-refractivity contribution >= 4 is 17.7 Å². The highest BCUT2D eigenvalue weighted by Gasteiger charge is 2.36. The molecule has 0 spiro atoms. The average molecular weight is 377 g/mol. The zero-order valence-corrected chi connectivity index (χ0v) is 15.7. The molecule has 8 nitrogen and oxygen atoms in total. The first-order valence-electron chi connectivity index (χ1n) is 9.39. The SMILES string of the molecule is CCOC(=O)CNC(=O)N(CC)Cc1ccc2c(c1)[C@H]1C[C@@H](N2)[C@H](O)CO1. The highest BCUT2D eigenvalue weighted by Crippen LogP contribution is 2.39. The van der Waals surface area contributed by atoms with Crippen molar-refractivity contribution in [3.05, 3.63) is 29.3 Å². The van der Waals surface area contributed by atoms with E-state index in [9.17, 15) is 14.7 Å². The van der Waals surface area contributed by atoms with E-state index in [-0.39, 0.29) is 31.3 Å². The number of hydrogen-bond acceptors (Lipinski definition) is 6. The first-order valence-corrected chi connectivity index (χ1v) is 9.39. The van der Waals surface area contributed by atoms with Crippen molar-refractivity contribution in [1.82, 2.24) is 10.2 Å². The summed E-state index contributed by atoms with van der Waals surface area (Å²) in [5.74, 6) is -0.451. The van der Waals surface area contributed by atoms with Crippen LogP contribution in [-0.4, -0.2) is 60.5 Å². The Morgan fingerprint density at radius 3 is 2.96 bits per heavy atom. The van der Waals surface area contributed by atoms with Gasteiger partial charge in [-0.25, -0.2) is 4.79 Å². The van der Waals surface area contributed by atoms with E-state index in [1.807, 2.05) is 25.1 Å². The van der Waals surface area contributed by atoms with Crippen LogP contribution in [0.15, 0.2) is 18.2 Å². The van der Waals surface area contributed by atoms with Gasteiger partial charge in [0.1, 0.15) is 6.54 Å². The van der Waals surface area contributed by atoms with E-state index < -0.39 is 12.1 Å². The summed E-state index contributed by atoms with van der Waals surface area (Å²) in [6.45, 7) is 5.02. The first-order chi connectivity index (χ1) is 13.0. The number of fused-ring (bicyclic) bond motifs is 4. The van der Waals surface area contributed by atoms with Crippen molar-refractivity contribution in [2.45, 2.75) is 45.1 Å². The highest BCUT2D eigenvalue weighted by molar-refractivity contribution is 5.80. The lowest BCUT2D eigenvalue weighted by atomic mass is 9.89. The smallest absolute Gasteiger partial charge is 0.325 e. The fourth-order valence-corrected chi connectivity index (χ4v) is 3.49. The van der Waals surface area contributed by atoms with Crippen molar-refractivity contribution in [2.24, 2.45) is 0 Å². The normalized spacial score (nSPS) is 23.0. The second-order valence-electron chi connectivity index (χ2n) is 6.78. The lowest BCUT2D eigenvalue weighted by Crippen LogP contribution is -2.46. The molecule has 2 aliphatic heterocycles. The molecule has 0 saturated carbocycles. The van der Waals surface area contributed by atoms with Crippen LogP contribution in [0.2, 0.25) is 0 Å². The van der Waals surface area contributed by atoms with Gasteiger partial charge >= 0.3 is 12.0 Å². The minimum Gasteiger partial charge on any atom is -0.465 e. The fourth-order valence-electron chi connectivity index (χ4n) is 3.49. The summed E-state index contributed by atoms with van der Waals surface area (Å²) >= 11 is 0. The number of esters is 1. The molecule has 2 heterocycles. The number of urea groups is 1. The Morgan fingerprint density at radius 2 is 2.22 bits per heavy atom. The Kier molecular flexibility index (Phi) is 6.18. The van der Waals surface area contributed by atoms with Crippen LogP contribution in [0.4, 0.5) is 10.5 Å². The van der Waals surface area contributed by atoms with Gasteiger partial charge in [-0.1, -0.05) is 6.07 Å². The summed E-state index contributed by atoms with van der Waals surface area (Å²) in [7, 11) is 0. The molecular formula is C19H27N3O5. The maximum Gasteiger partial charge on any atom is 0.325 e. The van der Waals surface area contributed by atoms with E-state index in [4.69, 9.17) is 9.47 Å². The van der Waals surface area contributed by atoms with Gasteiger partial charge in [-0.2, -0.15) is 0 Å². The molecule has 0 radical (unpaired) electrons. The van der Waals surface area contributed by atoms with Crippen molar-refractivity contribution in [2.75, 3.05) is 31.6 Å². The van der Waals surface area contributed by atoms with Crippen LogP contribution in [0, 0.1) is 0 Å². The van der Waals surface area contributed by atoms with Crippen molar-refractivity contribution in [3.63, 3.8) is 0 Å². The molecule has 148 valence electrons. The highest BCUT2D eigenvalue weighted by atomic mass is 16.5. The predicted octanol–water partition coefficient (Wildman–Crippen LogP) is 1.40. The standard InChI is InChI=1S/C19H27N3O5/c1-3-22(19(25)20-9-18(24)26-4-2)10-12-5-6-14-13(7-12)17-8-15(21-14)16(23)11-27-17/h5-7,15-17,21,23H,3-4,8-11H2,1-2H3,(H,20,25)/t15-,16-,17-/m1/s1. The van der Waals surface area contributed by atoms with Gasteiger partial charge in [-0.05, 0) is 31.5 Å². The van der Waals surface area contributed by atoms with E-state index >= 15 is 0 Å². The average Bonchev–Trinajstić information content (AvgIpc) is 2.67. The molecule has 8 heteroatoms. The Morgan fingerprint density at radius 1 is 1.41 bits per heavy atom. The third-order valence-corrected chi connectivity index (χ3v) is 4.94. The molecular weight excluding hydrogens is 350 g/mol. The second kappa shape index (κ2) is 8.58. The van der Waals surface area contributed by atoms with Crippen LogP contribution in [0.1, 0.15) is 37.5 Å². The molecule has 0 unspecified atom stereocenters. The molecule has 3 N–H and O–H groups in total. The Hall–Kier alpha value is -2.32. The van der Waals surface area contributed by atoms with Crippen LogP contribution in [0.3, 0.4) is 0 Å². The number of ether oxygens (including phenoxy) is 2. The van der Waals surface area contributed by atoms with E-state index in [1.54, 1.807) is 11.8 Å². The zero-order valence-electron chi connectivity index (χ0n) is 15.7. The molecule has 3 rings (SSSR count). The monoisotopic (exact) mass is 377 g/mol. The summed E-state index contributed by atoms with van der Waals surface area (Å²) in [4.78, 5) is 25.4. The Bertz CT molecular complexity index is 696. The number of amides is 2. The van der Waals surface area contributed by atoms with Crippen LogP contribution in [0.25, 0.3) is 0 Å². The molecule has 2 bridgehead atoms. The van der Waals surface area contributed by atoms with E-state index in [1.165, 1.54) is 0 Å². The third-order valence-electron chi connectivity index (χ3n) is 4.94. The second-order valence-corrected chi connectivity index (χ2v) is 6.78.